The summed E-state index contributed by atoms with van der Waals surface area (Å²) in [5.41, 5.74) is 2.51. The van der Waals surface area contributed by atoms with Crippen LogP contribution in [0.25, 0.3) is 0 Å². The van der Waals surface area contributed by atoms with Gasteiger partial charge in [0.2, 0.25) is 0 Å². The maximum atomic E-state index is 13.1. The molecule has 1 unspecified atom stereocenters. The van der Waals surface area contributed by atoms with Crippen molar-refractivity contribution in [2.45, 2.75) is 58.5 Å². The Morgan fingerprint density at radius 1 is 1.16 bits per heavy atom. The fraction of sp³-hybridized carbons (Fsp3) is 0.625. The van der Waals surface area contributed by atoms with E-state index in [0.29, 0.717) is 12.0 Å². The van der Waals surface area contributed by atoms with Crippen molar-refractivity contribution in [3.05, 3.63) is 34.9 Å². The van der Waals surface area contributed by atoms with Crippen LogP contribution in [0.3, 0.4) is 0 Å². The first-order valence-electron chi connectivity index (χ1n) is 6.85. The van der Waals surface area contributed by atoms with Crippen LogP contribution < -0.4 is 0 Å². The maximum Gasteiger partial charge on any atom is 0.395 e. The van der Waals surface area contributed by atoms with Gasteiger partial charge in [0.05, 0.1) is 5.92 Å². The zero-order valence-corrected chi connectivity index (χ0v) is 11.8. The molecule has 2 rings (SSSR count). The van der Waals surface area contributed by atoms with Crippen LogP contribution in [-0.4, -0.2) is 6.18 Å². The minimum absolute atomic E-state index is 0.0939. The number of hydrogen-bond donors (Lipinski definition) is 0. The predicted octanol–water partition coefficient (Wildman–Crippen LogP) is 5.26. The minimum Gasteiger partial charge on any atom is -0.170 e. The summed E-state index contributed by atoms with van der Waals surface area (Å²) < 4.78 is 39.3. The van der Waals surface area contributed by atoms with E-state index in [1.165, 1.54) is 0 Å². The Hall–Kier alpha value is -0.990. The number of rotatable bonds is 1. The Bertz CT molecular complexity index is 452. The van der Waals surface area contributed by atoms with Crippen LogP contribution in [0.1, 0.15) is 56.2 Å². The summed E-state index contributed by atoms with van der Waals surface area (Å²) in [4.78, 5) is 0. The summed E-state index contributed by atoms with van der Waals surface area (Å²) in [6, 6.07) is 5.68. The summed E-state index contributed by atoms with van der Waals surface area (Å²) >= 11 is 0. The van der Waals surface area contributed by atoms with Gasteiger partial charge in [-0.05, 0) is 47.8 Å². The van der Waals surface area contributed by atoms with E-state index in [4.69, 9.17) is 0 Å². The van der Waals surface area contributed by atoms with E-state index in [1.807, 2.05) is 12.1 Å². The van der Waals surface area contributed by atoms with Crippen molar-refractivity contribution in [3.8, 4) is 0 Å². The van der Waals surface area contributed by atoms with E-state index >= 15 is 0 Å². The molecule has 0 saturated carbocycles. The van der Waals surface area contributed by atoms with Gasteiger partial charge < -0.3 is 0 Å². The second-order valence-electron chi connectivity index (χ2n) is 6.76. The van der Waals surface area contributed by atoms with Gasteiger partial charge in [-0.1, -0.05) is 39.0 Å². The summed E-state index contributed by atoms with van der Waals surface area (Å²) in [5.74, 6) is -1.27. The van der Waals surface area contributed by atoms with Gasteiger partial charge in [-0.25, -0.2) is 0 Å². The van der Waals surface area contributed by atoms with Crippen LogP contribution in [0, 0.1) is 5.41 Å². The number of hydrogen-bond acceptors (Lipinski definition) is 0. The first kappa shape index (κ1) is 14.4. The van der Waals surface area contributed by atoms with E-state index in [0.717, 1.165) is 24.0 Å². The first-order chi connectivity index (χ1) is 8.67. The number of halogens is 3. The van der Waals surface area contributed by atoms with Crippen molar-refractivity contribution in [1.82, 2.24) is 0 Å². The van der Waals surface area contributed by atoms with Crippen LogP contribution in [-0.2, 0) is 12.8 Å². The molecule has 0 heterocycles. The van der Waals surface area contributed by atoms with Gasteiger partial charge in [-0.2, -0.15) is 13.2 Å². The highest BCUT2D eigenvalue weighted by Crippen LogP contribution is 2.43. The molecule has 0 spiro atoms. The fourth-order valence-electron chi connectivity index (χ4n) is 2.91. The monoisotopic (exact) mass is 270 g/mol. The molecule has 0 N–H and O–H groups in total. The molecule has 0 nitrogen and oxygen atoms in total. The molecule has 3 heteroatoms. The minimum atomic E-state index is -4.12. The van der Waals surface area contributed by atoms with Gasteiger partial charge in [0, 0.05) is 0 Å². The molecule has 1 atom stereocenters. The topological polar surface area (TPSA) is 0 Å². The molecule has 1 aromatic carbocycles. The molecule has 0 aromatic heterocycles. The quantitative estimate of drug-likeness (QED) is 0.653. The molecule has 1 aliphatic carbocycles. The van der Waals surface area contributed by atoms with Crippen molar-refractivity contribution in [1.29, 1.82) is 0 Å². The number of benzene rings is 1. The predicted molar refractivity (Wildman–Crippen MR) is 71.3 cm³/mol. The van der Waals surface area contributed by atoms with Gasteiger partial charge in [0.25, 0.3) is 0 Å². The molecule has 0 bridgehead atoms. The lowest BCUT2D eigenvalue weighted by molar-refractivity contribution is -0.153. The lowest BCUT2D eigenvalue weighted by atomic mass is 9.79. The van der Waals surface area contributed by atoms with Crippen LogP contribution in [0.5, 0.6) is 0 Å². The normalized spacial score (nSPS) is 20.2. The van der Waals surface area contributed by atoms with Crippen molar-refractivity contribution in [2.75, 3.05) is 0 Å². The Labute approximate surface area is 113 Å². The smallest absolute Gasteiger partial charge is 0.170 e. The highest BCUT2D eigenvalue weighted by atomic mass is 19.4. The van der Waals surface area contributed by atoms with Crippen LogP contribution in [0.15, 0.2) is 18.2 Å². The molecule has 1 aromatic rings. The average Bonchev–Trinajstić information content (AvgIpc) is 2.24. The second-order valence-corrected chi connectivity index (χ2v) is 6.76. The van der Waals surface area contributed by atoms with E-state index in [-0.39, 0.29) is 11.8 Å². The molecule has 0 saturated heterocycles. The third kappa shape index (κ3) is 3.52. The SMILES string of the molecule is CC(C)(C)Cc1ccc2c(c1)C(C(F)(F)F)CCC2. The molecule has 106 valence electrons. The molecule has 0 aliphatic heterocycles. The number of fused-ring (bicyclic) bond motifs is 1. The van der Waals surface area contributed by atoms with Gasteiger partial charge in [-0.15, -0.1) is 0 Å². The van der Waals surface area contributed by atoms with Crippen LogP contribution >= 0.6 is 0 Å². The summed E-state index contributed by atoms with van der Waals surface area (Å²) in [7, 11) is 0. The van der Waals surface area contributed by atoms with E-state index in [9.17, 15) is 13.2 Å². The lowest BCUT2D eigenvalue weighted by Crippen LogP contribution is -2.25. The summed E-state index contributed by atoms with van der Waals surface area (Å²) in [6.45, 7) is 6.31. The summed E-state index contributed by atoms with van der Waals surface area (Å²) in [6.07, 6.45) is -1.66. The van der Waals surface area contributed by atoms with Crippen molar-refractivity contribution in [3.63, 3.8) is 0 Å². The molecule has 0 amide bonds. The maximum absolute atomic E-state index is 13.1. The van der Waals surface area contributed by atoms with E-state index in [2.05, 4.69) is 20.8 Å². The fourth-order valence-corrected chi connectivity index (χ4v) is 2.91. The Balaban J connectivity index is 2.36. The standard InChI is InChI=1S/C16H21F3/c1-15(2,3)10-11-7-8-12-5-4-6-14(13(12)9-11)16(17,18)19/h7-9,14H,4-6,10H2,1-3H3. The zero-order valence-electron chi connectivity index (χ0n) is 11.8. The van der Waals surface area contributed by atoms with Gasteiger partial charge >= 0.3 is 6.18 Å². The highest BCUT2D eigenvalue weighted by Gasteiger charge is 2.42. The highest BCUT2D eigenvalue weighted by molar-refractivity contribution is 5.37. The Kier molecular flexibility index (Phi) is 3.67. The Morgan fingerprint density at radius 2 is 1.84 bits per heavy atom. The Morgan fingerprint density at radius 3 is 2.42 bits per heavy atom. The molecular weight excluding hydrogens is 249 g/mol. The van der Waals surface area contributed by atoms with Gasteiger partial charge in [-0.3, -0.25) is 0 Å². The van der Waals surface area contributed by atoms with Gasteiger partial charge in [0.1, 0.15) is 0 Å². The second kappa shape index (κ2) is 4.84. The third-order valence-corrected chi connectivity index (χ3v) is 3.65. The van der Waals surface area contributed by atoms with Crippen LogP contribution in [0.2, 0.25) is 0 Å². The lowest BCUT2D eigenvalue weighted by Gasteiger charge is -2.28. The van der Waals surface area contributed by atoms with Crippen molar-refractivity contribution in [2.24, 2.45) is 5.41 Å². The van der Waals surface area contributed by atoms with Crippen molar-refractivity contribution < 1.29 is 13.2 Å². The average molecular weight is 270 g/mol. The summed E-state index contributed by atoms with van der Waals surface area (Å²) in [5, 5.41) is 0. The molecule has 19 heavy (non-hydrogen) atoms. The van der Waals surface area contributed by atoms with Gasteiger partial charge in [0.15, 0.2) is 0 Å². The zero-order chi connectivity index (χ0) is 14.3. The molecule has 0 fully saturated rings. The largest absolute Gasteiger partial charge is 0.395 e. The van der Waals surface area contributed by atoms with Crippen LogP contribution in [0.4, 0.5) is 13.2 Å². The third-order valence-electron chi connectivity index (χ3n) is 3.65. The number of alkyl halides is 3. The molecule has 0 radical (unpaired) electrons. The molecule has 1 aliphatic rings. The molecular formula is C16H21F3. The van der Waals surface area contributed by atoms with E-state index < -0.39 is 12.1 Å². The van der Waals surface area contributed by atoms with E-state index in [1.54, 1.807) is 6.07 Å². The number of aryl methyl sites for hydroxylation is 1. The van der Waals surface area contributed by atoms with Crippen molar-refractivity contribution >= 4 is 0 Å². The first-order valence-corrected chi connectivity index (χ1v) is 6.85.